The second-order valence-electron chi connectivity index (χ2n) is 4.81. The number of hydrogen-bond donors (Lipinski definition) is 3. The van der Waals surface area contributed by atoms with E-state index >= 15 is 0 Å². The van der Waals surface area contributed by atoms with Gasteiger partial charge in [0, 0.05) is 18.3 Å². The van der Waals surface area contributed by atoms with E-state index in [1.54, 1.807) is 0 Å². The Morgan fingerprint density at radius 1 is 1.61 bits per heavy atom. The zero-order valence-electron chi connectivity index (χ0n) is 10.6. The molecule has 0 bridgehead atoms. The molecule has 1 rings (SSSR count). The van der Waals surface area contributed by atoms with Gasteiger partial charge in [0.25, 0.3) is 0 Å². The summed E-state index contributed by atoms with van der Waals surface area (Å²) in [4.78, 5) is 4.08. The molecule has 0 aliphatic carbocycles. The average Bonchev–Trinajstić information content (AvgIpc) is 2.65. The molecule has 1 aromatic rings. The first kappa shape index (κ1) is 14.5. The van der Waals surface area contributed by atoms with Crippen molar-refractivity contribution in [3.05, 3.63) is 10.7 Å². The number of hydroxylamine groups is 1. The maximum Gasteiger partial charge on any atom is 0.194 e. The maximum atomic E-state index is 8.90. The zero-order valence-corrected chi connectivity index (χ0v) is 11.3. The minimum Gasteiger partial charge on any atom is -0.290 e. The van der Waals surface area contributed by atoms with E-state index < -0.39 is 0 Å². The Labute approximate surface area is 111 Å². The van der Waals surface area contributed by atoms with Crippen molar-refractivity contribution in [2.45, 2.75) is 39.0 Å². The predicted octanol–water partition coefficient (Wildman–Crippen LogP) is 2.67. The van der Waals surface area contributed by atoms with Crippen LogP contribution in [0.1, 0.15) is 39.3 Å². The highest BCUT2D eigenvalue weighted by Gasteiger charge is 2.22. The van der Waals surface area contributed by atoms with Gasteiger partial charge >= 0.3 is 0 Å². The fourth-order valence-corrected chi connectivity index (χ4v) is 1.74. The second kappa shape index (κ2) is 5.85. The molecule has 0 spiro atoms. The molecule has 0 amide bonds. The van der Waals surface area contributed by atoms with E-state index in [0.717, 1.165) is 5.69 Å². The van der Waals surface area contributed by atoms with Crippen molar-refractivity contribution < 1.29 is 5.21 Å². The van der Waals surface area contributed by atoms with Crippen molar-refractivity contribution in [2.24, 2.45) is 4.99 Å². The molecule has 98 valence electrons. The number of rotatable bonds is 3. The van der Waals surface area contributed by atoms with Crippen LogP contribution in [0.3, 0.4) is 0 Å². The van der Waals surface area contributed by atoms with Crippen molar-refractivity contribution in [1.29, 1.82) is 5.26 Å². The van der Waals surface area contributed by atoms with Crippen molar-refractivity contribution in [1.82, 2.24) is 15.7 Å². The summed E-state index contributed by atoms with van der Waals surface area (Å²) in [7, 11) is 0. The van der Waals surface area contributed by atoms with E-state index in [1.807, 2.05) is 32.3 Å². The van der Waals surface area contributed by atoms with Crippen LogP contribution in [0.2, 0.25) is 5.02 Å². The summed E-state index contributed by atoms with van der Waals surface area (Å²) in [6.45, 7) is 6.00. The third kappa shape index (κ3) is 3.45. The van der Waals surface area contributed by atoms with Crippen molar-refractivity contribution in [3.63, 3.8) is 0 Å². The monoisotopic (exact) mass is 269 g/mol. The van der Waals surface area contributed by atoms with Gasteiger partial charge in [0.05, 0.1) is 11.8 Å². The summed E-state index contributed by atoms with van der Waals surface area (Å²) >= 11 is 6.17. The van der Waals surface area contributed by atoms with Crippen LogP contribution in [0.25, 0.3) is 0 Å². The molecule has 0 aromatic carbocycles. The van der Waals surface area contributed by atoms with Gasteiger partial charge in [-0.25, -0.2) is 4.99 Å². The number of nitrogens with one attached hydrogen (secondary N) is 2. The molecule has 0 saturated carbocycles. The number of halogens is 1. The van der Waals surface area contributed by atoms with E-state index in [0.29, 0.717) is 17.3 Å². The van der Waals surface area contributed by atoms with Crippen LogP contribution in [0, 0.1) is 11.3 Å². The summed E-state index contributed by atoms with van der Waals surface area (Å²) in [5.74, 6) is 0.557. The molecule has 7 heteroatoms. The van der Waals surface area contributed by atoms with E-state index in [4.69, 9.17) is 22.1 Å². The van der Waals surface area contributed by atoms with Crippen LogP contribution in [0.4, 0.5) is 5.82 Å². The van der Waals surface area contributed by atoms with Crippen LogP contribution in [0.5, 0.6) is 0 Å². The molecule has 0 fully saturated rings. The zero-order chi connectivity index (χ0) is 13.8. The molecule has 0 aliphatic heterocycles. The number of nitrogens with zero attached hydrogens (tertiary/aromatic N) is 3. The summed E-state index contributed by atoms with van der Waals surface area (Å²) in [6.07, 6.45) is 0.557. The number of aromatic nitrogens is 2. The van der Waals surface area contributed by atoms with Gasteiger partial charge in [0.2, 0.25) is 0 Å². The van der Waals surface area contributed by atoms with Crippen LogP contribution in [0.15, 0.2) is 4.99 Å². The number of aliphatic imine (C=N–C) groups is 1. The normalized spacial score (nSPS) is 12.3. The number of nitriles is 1. The van der Waals surface area contributed by atoms with Gasteiger partial charge in [-0.15, -0.1) is 0 Å². The lowest BCUT2D eigenvalue weighted by atomic mass is 9.92. The summed E-state index contributed by atoms with van der Waals surface area (Å²) in [5.41, 5.74) is 2.56. The first-order valence-electron chi connectivity index (χ1n) is 5.49. The molecule has 0 atom stereocenters. The van der Waals surface area contributed by atoms with Gasteiger partial charge in [-0.1, -0.05) is 32.4 Å². The minimum absolute atomic E-state index is 0.169. The third-order valence-electron chi connectivity index (χ3n) is 2.28. The fraction of sp³-hybridized carbons (Fsp3) is 0.545. The van der Waals surface area contributed by atoms with Gasteiger partial charge in [0.1, 0.15) is 10.9 Å². The maximum absolute atomic E-state index is 8.90. The van der Waals surface area contributed by atoms with E-state index in [2.05, 4.69) is 15.2 Å². The lowest BCUT2D eigenvalue weighted by Gasteiger charge is -2.15. The van der Waals surface area contributed by atoms with Crippen molar-refractivity contribution >= 4 is 23.3 Å². The standard InChI is InChI=1S/C11H16ClN5O/c1-11(2,3)9-8(12)10(16-15-9)14-7(17-18)5-4-6-13/h18H,4-5H2,1-3H3,(H2,14,15,16,17). The number of H-pyrrole nitrogens is 1. The molecule has 1 heterocycles. The van der Waals surface area contributed by atoms with Crippen molar-refractivity contribution in [3.8, 4) is 6.07 Å². The molecule has 0 unspecified atom stereocenters. The molecule has 3 N–H and O–H groups in total. The van der Waals surface area contributed by atoms with Gasteiger partial charge in [-0.2, -0.15) is 10.4 Å². The van der Waals surface area contributed by atoms with E-state index in [-0.39, 0.29) is 17.7 Å². The van der Waals surface area contributed by atoms with Crippen LogP contribution < -0.4 is 5.48 Å². The highest BCUT2D eigenvalue weighted by Crippen LogP contribution is 2.33. The number of amidine groups is 1. The van der Waals surface area contributed by atoms with Crippen LogP contribution >= 0.6 is 11.6 Å². The molecule has 0 saturated heterocycles. The third-order valence-corrected chi connectivity index (χ3v) is 2.64. The van der Waals surface area contributed by atoms with Gasteiger partial charge in [-0.3, -0.25) is 15.8 Å². The lowest BCUT2D eigenvalue weighted by Crippen LogP contribution is -2.18. The average molecular weight is 270 g/mol. The largest absolute Gasteiger partial charge is 0.290 e. The van der Waals surface area contributed by atoms with Gasteiger partial charge in [-0.05, 0) is 0 Å². The number of hydrogen-bond acceptors (Lipinski definition) is 4. The van der Waals surface area contributed by atoms with Gasteiger partial charge < -0.3 is 0 Å². The second-order valence-corrected chi connectivity index (χ2v) is 5.19. The lowest BCUT2D eigenvalue weighted by molar-refractivity contribution is 0.232. The SMILES string of the molecule is CC(C)(C)c1[nH]nc(N=C(CCC#N)NO)c1Cl. The predicted molar refractivity (Wildman–Crippen MR) is 69.2 cm³/mol. The minimum atomic E-state index is -0.169. The smallest absolute Gasteiger partial charge is 0.194 e. The fourth-order valence-electron chi connectivity index (χ4n) is 1.33. The molecule has 1 aromatic heterocycles. The first-order chi connectivity index (χ1) is 8.40. The molecule has 18 heavy (non-hydrogen) atoms. The Morgan fingerprint density at radius 2 is 2.28 bits per heavy atom. The topological polar surface area (TPSA) is 97.1 Å². The first-order valence-corrected chi connectivity index (χ1v) is 5.87. The summed E-state index contributed by atoms with van der Waals surface area (Å²) < 4.78 is 0. The Bertz CT molecular complexity index is 481. The molecular formula is C11H16ClN5O. The molecule has 0 radical (unpaired) electrons. The van der Waals surface area contributed by atoms with Crippen LogP contribution in [-0.4, -0.2) is 21.2 Å². The summed E-state index contributed by atoms with van der Waals surface area (Å²) in [5, 5.41) is 24.6. The van der Waals surface area contributed by atoms with E-state index in [9.17, 15) is 0 Å². The quantitative estimate of drug-likeness (QED) is 0.446. The van der Waals surface area contributed by atoms with E-state index in [1.165, 1.54) is 0 Å². The van der Waals surface area contributed by atoms with Crippen molar-refractivity contribution in [2.75, 3.05) is 0 Å². The highest BCUT2D eigenvalue weighted by atomic mass is 35.5. The Kier molecular flexibility index (Phi) is 4.70. The number of aromatic amines is 1. The van der Waals surface area contributed by atoms with Crippen LogP contribution in [-0.2, 0) is 5.41 Å². The summed E-state index contributed by atoms with van der Waals surface area (Å²) in [6, 6.07) is 1.97. The molecule has 6 nitrogen and oxygen atoms in total. The Hall–Kier alpha value is -1.58. The van der Waals surface area contributed by atoms with Gasteiger partial charge in [0.15, 0.2) is 5.82 Å². The molecular weight excluding hydrogens is 254 g/mol. The Morgan fingerprint density at radius 3 is 2.72 bits per heavy atom. The Balaban J connectivity index is 3.01. The highest BCUT2D eigenvalue weighted by molar-refractivity contribution is 6.33. The molecule has 0 aliphatic rings.